The van der Waals surface area contributed by atoms with Gasteiger partial charge in [0.05, 0.1) is 12.1 Å². The normalized spacial score (nSPS) is 28.9. The maximum Gasteiger partial charge on any atom is 0.330 e. The molecule has 4 bridgehead atoms. The van der Waals surface area contributed by atoms with E-state index in [9.17, 15) is 19.5 Å². The number of amides is 1. The van der Waals surface area contributed by atoms with E-state index >= 15 is 0 Å². The minimum Gasteiger partial charge on any atom is -0.390 e. The van der Waals surface area contributed by atoms with Gasteiger partial charge < -0.3 is 15.7 Å². The summed E-state index contributed by atoms with van der Waals surface area (Å²) in [4.78, 5) is 43.4. The van der Waals surface area contributed by atoms with Crippen molar-refractivity contribution in [2.75, 3.05) is 10.6 Å². The van der Waals surface area contributed by atoms with Crippen LogP contribution in [0.4, 0.5) is 11.5 Å². The first-order valence-corrected chi connectivity index (χ1v) is 12.9. The Bertz CT molecular complexity index is 1200. The lowest BCUT2D eigenvalue weighted by Gasteiger charge is -2.60. The molecule has 0 radical (unpaired) electrons. The Morgan fingerprint density at radius 1 is 1.17 bits per heavy atom. The molecule has 8 nitrogen and oxygen atoms in total. The molecular formula is C27H36N4O4. The fraction of sp³-hybridized carbons (Fsp3) is 0.593. The van der Waals surface area contributed by atoms with E-state index in [0.717, 1.165) is 50.5 Å². The minimum absolute atomic E-state index is 0.0284. The van der Waals surface area contributed by atoms with E-state index in [1.807, 2.05) is 37.3 Å². The average molecular weight is 481 g/mol. The summed E-state index contributed by atoms with van der Waals surface area (Å²) in [6.45, 7) is 2.57. The molecule has 35 heavy (non-hydrogen) atoms. The second-order valence-electron chi connectivity index (χ2n) is 11.3. The zero-order valence-corrected chi connectivity index (χ0v) is 20.5. The van der Waals surface area contributed by atoms with Crippen LogP contribution in [0.2, 0.25) is 0 Å². The molecule has 2 unspecified atom stereocenters. The number of nitrogens with two attached hydrogens (primary N) is 1. The molecule has 1 heterocycles. The van der Waals surface area contributed by atoms with Crippen LogP contribution < -0.4 is 21.9 Å². The second-order valence-corrected chi connectivity index (χ2v) is 11.3. The lowest BCUT2D eigenvalue weighted by molar-refractivity contribution is -0.168. The van der Waals surface area contributed by atoms with Gasteiger partial charge in [-0.3, -0.25) is 19.1 Å². The maximum atomic E-state index is 14.0. The van der Waals surface area contributed by atoms with Crippen molar-refractivity contribution in [1.29, 1.82) is 0 Å². The number of nitrogens with one attached hydrogen (secondary N) is 1. The Balaban J connectivity index is 1.52. The molecule has 1 aromatic carbocycles. The Labute approximate surface area is 205 Å². The third-order valence-corrected chi connectivity index (χ3v) is 8.38. The van der Waals surface area contributed by atoms with Crippen molar-refractivity contribution in [3.05, 3.63) is 56.7 Å². The molecule has 2 atom stereocenters. The fourth-order valence-corrected chi connectivity index (χ4v) is 7.46. The van der Waals surface area contributed by atoms with E-state index in [0.29, 0.717) is 24.8 Å². The highest BCUT2D eigenvalue weighted by Crippen LogP contribution is 2.63. The number of anilines is 2. The molecule has 0 aliphatic heterocycles. The number of nitrogens with zero attached hydrogens (tertiary/aromatic N) is 2. The SMILES string of the molecule is CCCCn1c(N)c(N(Cc2ccccc2)C(=O)CC23CC4CC(CC(O)(C4)C2)C3)c(=O)[nH]c1=O. The Morgan fingerprint density at radius 2 is 1.86 bits per heavy atom. The molecule has 4 aliphatic carbocycles. The first-order valence-electron chi connectivity index (χ1n) is 12.9. The van der Waals surface area contributed by atoms with Gasteiger partial charge in [0, 0.05) is 13.0 Å². The van der Waals surface area contributed by atoms with Gasteiger partial charge in [-0.25, -0.2) is 4.79 Å². The van der Waals surface area contributed by atoms with Crippen LogP contribution in [-0.2, 0) is 17.9 Å². The van der Waals surface area contributed by atoms with Gasteiger partial charge in [0.2, 0.25) is 5.91 Å². The van der Waals surface area contributed by atoms with Crippen LogP contribution in [0.3, 0.4) is 0 Å². The number of carbonyl (C=O) groups excluding carboxylic acids is 1. The average Bonchev–Trinajstić information content (AvgIpc) is 2.77. The lowest BCUT2D eigenvalue weighted by Crippen LogP contribution is -2.56. The van der Waals surface area contributed by atoms with E-state index in [4.69, 9.17) is 5.73 Å². The number of hydrogen-bond acceptors (Lipinski definition) is 5. The molecule has 2 aromatic rings. The second kappa shape index (κ2) is 8.97. The van der Waals surface area contributed by atoms with E-state index < -0.39 is 16.9 Å². The van der Waals surface area contributed by atoms with E-state index in [-0.39, 0.29) is 35.8 Å². The maximum absolute atomic E-state index is 14.0. The van der Waals surface area contributed by atoms with Gasteiger partial charge >= 0.3 is 5.69 Å². The van der Waals surface area contributed by atoms with Crippen molar-refractivity contribution in [3.63, 3.8) is 0 Å². The summed E-state index contributed by atoms with van der Waals surface area (Å²) in [7, 11) is 0. The summed E-state index contributed by atoms with van der Waals surface area (Å²) >= 11 is 0. The van der Waals surface area contributed by atoms with Crippen molar-refractivity contribution >= 4 is 17.4 Å². The smallest absolute Gasteiger partial charge is 0.330 e. The number of carbonyl (C=O) groups is 1. The third-order valence-electron chi connectivity index (χ3n) is 8.38. The minimum atomic E-state index is -0.668. The van der Waals surface area contributed by atoms with E-state index in [1.165, 1.54) is 9.47 Å². The summed E-state index contributed by atoms with van der Waals surface area (Å²) in [6, 6.07) is 9.50. The summed E-state index contributed by atoms with van der Waals surface area (Å²) in [5.41, 5.74) is 5.20. The number of nitrogen functional groups attached to an aromatic ring is 1. The number of rotatable bonds is 8. The zero-order chi connectivity index (χ0) is 24.8. The molecule has 0 spiro atoms. The molecule has 4 saturated carbocycles. The van der Waals surface area contributed by atoms with Crippen molar-refractivity contribution < 1.29 is 9.90 Å². The molecule has 4 fully saturated rings. The number of unbranched alkanes of at least 4 members (excludes halogenated alkanes) is 1. The largest absolute Gasteiger partial charge is 0.390 e. The zero-order valence-electron chi connectivity index (χ0n) is 20.5. The first-order chi connectivity index (χ1) is 16.7. The Kier molecular flexibility index (Phi) is 6.11. The third kappa shape index (κ3) is 4.56. The molecule has 4 N–H and O–H groups in total. The standard InChI is InChI=1S/C27H36N4O4/c1-2-3-9-30-23(28)22(24(33)29-25(30)34)31(16-18-7-5-4-6-8-18)21(32)15-26-11-19-10-20(12-26)14-27(35,13-19)17-26/h4-8,19-20,35H,2-3,9-17,28H2,1H3,(H,29,33,34). The Morgan fingerprint density at radius 3 is 2.49 bits per heavy atom. The Hall–Kier alpha value is -2.87. The van der Waals surface area contributed by atoms with Crippen LogP contribution in [0.1, 0.15) is 70.3 Å². The molecule has 1 amide bonds. The first kappa shape index (κ1) is 23.9. The topological polar surface area (TPSA) is 121 Å². The summed E-state index contributed by atoms with van der Waals surface area (Å²) in [6.07, 6.45) is 7.19. The number of aromatic nitrogens is 2. The van der Waals surface area contributed by atoms with Crippen molar-refractivity contribution in [1.82, 2.24) is 9.55 Å². The lowest BCUT2D eigenvalue weighted by atomic mass is 9.47. The quantitative estimate of drug-likeness (QED) is 0.536. The summed E-state index contributed by atoms with van der Waals surface area (Å²) < 4.78 is 1.36. The molecular weight excluding hydrogens is 444 g/mol. The molecule has 6 rings (SSSR count). The number of aromatic amines is 1. The van der Waals surface area contributed by atoms with Crippen LogP contribution in [0.15, 0.2) is 39.9 Å². The molecule has 4 aliphatic rings. The van der Waals surface area contributed by atoms with Crippen molar-refractivity contribution in [2.24, 2.45) is 17.3 Å². The molecule has 0 saturated heterocycles. The predicted molar refractivity (Wildman–Crippen MR) is 135 cm³/mol. The molecule has 8 heteroatoms. The van der Waals surface area contributed by atoms with Gasteiger partial charge in [0.15, 0.2) is 5.69 Å². The monoisotopic (exact) mass is 480 g/mol. The van der Waals surface area contributed by atoms with E-state index in [2.05, 4.69) is 4.98 Å². The van der Waals surface area contributed by atoms with Crippen LogP contribution in [0.25, 0.3) is 0 Å². The highest BCUT2D eigenvalue weighted by molar-refractivity contribution is 5.96. The number of benzene rings is 1. The fourth-order valence-electron chi connectivity index (χ4n) is 7.46. The van der Waals surface area contributed by atoms with Crippen molar-refractivity contribution in [3.8, 4) is 0 Å². The van der Waals surface area contributed by atoms with Gasteiger partial charge in [-0.05, 0) is 67.8 Å². The van der Waals surface area contributed by atoms with Gasteiger partial charge in [-0.15, -0.1) is 0 Å². The van der Waals surface area contributed by atoms with Gasteiger partial charge in [0.1, 0.15) is 5.82 Å². The van der Waals surface area contributed by atoms with E-state index in [1.54, 1.807) is 0 Å². The highest BCUT2D eigenvalue weighted by atomic mass is 16.3. The van der Waals surface area contributed by atoms with Crippen molar-refractivity contribution in [2.45, 2.75) is 83.4 Å². The van der Waals surface area contributed by atoms with Gasteiger partial charge in [-0.2, -0.15) is 0 Å². The van der Waals surface area contributed by atoms with Crippen LogP contribution in [-0.4, -0.2) is 26.2 Å². The van der Waals surface area contributed by atoms with Gasteiger partial charge in [-0.1, -0.05) is 43.7 Å². The van der Waals surface area contributed by atoms with Crippen LogP contribution in [0.5, 0.6) is 0 Å². The van der Waals surface area contributed by atoms with Gasteiger partial charge in [0.25, 0.3) is 5.56 Å². The summed E-state index contributed by atoms with van der Waals surface area (Å²) in [5, 5.41) is 11.2. The number of hydrogen-bond donors (Lipinski definition) is 3. The summed E-state index contributed by atoms with van der Waals surface area (Å²) in [5.74, 6) is 0.764. The predicted octanol–water partition coefficient (Wildman–Crippen LogP) is 3.17. The van der Waals surface area contributed by atoms with Crippen LogP contribution >= 0.6 is 0 Å². The molecule has 188 valence electrons. The number of H-pyrrole nitrogens is 1. The van der Waals surface area contributed by atoms with Crippen LogP contribution in [0, 0.1) is 17.3 Å². The highest BCUT2D eigenvalue weighted by Gasteiger charge is 2.57. The molecule has 1 aromatic heterocycles. The number of aliphatic hydroxyl groups is 1.